The zero-order valence-electron chi connectivity index (χ0n) is 12.8. The lowest BCUT2D eigenvalue weighted by atomic mass is 9.98. The number of aromatic nitrogens is 1. The highest BCUT2D eigenvalue weighted by Crippen LogP contribution is 2.38. The minimum Gasteiger partial charge on any atom is -0.366 e. The second-order valence-corrected chi connectivity index (χ2v) is 6.66. The molecule has 23 heavy (non-hydrogen) atoms. The van der Waals surface area contributed by atoms with Crippen LogP contribution in [0.2, 0.25) is 0 Å². The Morgan fingerprint density at radius 1 is 1.17 bits per heavy atom. The molecule has 2 fully saturated rings. The number of carbonyl (C=O) groups excluding carboxylic acids is 1. The third kappa shape index (κ3) is 2.45. The highest BCUT2D eigenvalue weighted by molar-refractivity contribution is 6.01. The Kier molecular flexibility index (Phi) is 3.45. The summed E-state index contributed by atoms with van der Waals surface area (Å²) in [6.45, 7) is 1.55. The van der Waals surface area contributed by atoms with Gasteiger partial charge in [0.2, 0.25) is 0 Å². The molecule has 4 nitrogen and oxygen atoms in total. The van der Waals surface area contributed by atoms with Crippen molar-refractivity contribution in [2.45, 2.75) is 18.9 Å². The molecule has 4 rings (SSSR count). The van der Waals surface area contributed by atoms with Crippen LogP contribution in [-0.4, -0.2) is 34.9 Å². The molecule has 2 heterocycles. The fraction of sp³-hybridized carbons (Fsp3) is 0.389. The van der Waals surface area contributed by atoms with E-state index in [9.17, 15) is 9.18 Å². The summed E-state index contributed by atoms with van der Waals surface area (Å²) in [5, 5.41) is 0. The number of benzene rings is 1. The minimum absolute atomic E-state index is 0.0344. The monoisotopic (exact) mass is 313 g/mol. The molecule has 1 aliphatic heterocycles. The van der Waals surface area contributed by atoms with Crippen molar-refractivity contribution < 1.29 is 9.18 Å². The summed E-state index contributed by atoms with van der Waals surface area (Å²) in [6, 6.07) is 6.44. The largest absolute Gasteiger partial charge is 0.366 e. The molecule has 3 unspecified atom stereocenters. The molecule has 1 aromatic carbocycles. The van der Waals surface area contributed by atoms with Crippen molar-refractivity contribution in [3.63, 3.8) is 0 Å². The van der Waals surface area contributed by atoms with Gasteiger partial charge in [0.1, 0.15) is 5.82 Å². The number of halogens is 1. The van der Waals surface area contributed by atoms with Gasteiger partial charge in [-0.2, -0.15) is 0 Å². The number of carbonyl (C=O) groups is 1. The second-order valence-electron chi connectivity index (χ2n) is 6.66. The van der Waals surface area contributed by atoms with Crippen LogP contribution < -0.4 is 5.73 Å². The summed E-state index contributed by atoms with van der Waals surface area (Å²) < 4.78 is 13.1. The van der Waals surface area contributed by atoms with Gasteiger partial charge in [0, 0.05) is 37.1 Å². The van der Waals surface area contributed by atoms with E-state index in [1.807, 2.05) is 4.90 Å². The van der Waals surface area contributed by atoms with Crippen molar-refractivity contribution in [1.29, 1.82) is 0 Å². The molecule has 2 aromatic rings. The first-order valence-electron chi connectivity index (χ1n) is 8.11. The van der Waals surface area contributed by atoms with E-state index in [2.05, 4.69) is 4.98 Å². The Balaban J connectivity index is 1.58. The van der Waals surface area contributed by atoms with Crippen molar-refractivity contribution >= 4 is 5.91 Å². The van der Waals surface area contributed by atoms with Crippen LogP contribution in [0.15, 0.2) is 36.7 Å². The Morgan fingerprint density at radius 2 is 1.96 bits per heavy atom. The number of fused-ring (bicyclic) bond motifs is 1. The molecule has 5 heteroatoms. The van der Waals surface area contributed by atoms with Gasteiger partial charge in [0.25, 0.3) is 5.91 Å². The Bertz CT molecular complexity index is 724. The quantitative estimate of drug-likeness (QED) is 0.895. The average Bonchev–Trinajstić information content (AvgIpc) is 3.25. The molecule has 0 spiro atoms. The smallest absolute Gasteiger partial charge is 0.256 e. The molecule has 1 amide bonds. The number of aromatic amines is 1. The van der Waals surface area contributed by atoms with Crippen molar-refractivity contribution in [1.82, 2.24) is 9.88 Å². The average molecular weight is 313 g/mol. The van der Waals surface area contributed by atoms with Crippen molar-refractivity contribution in [2.24, 2.45) is 17.6 Å². The predicted octanol–water partition coefficient (Wildman–Crippen LogP) is 2.63. The van der Waals surface area contributed by atoms with E-state index in [1.165, 1.54) is 12.1 Å². The molecule has 2 aliphatic rings. The minimum atomic E-state index is -0.279. The van der Waals surface area contributed by atoms with Crippen LogP contribution in [0.1, 0.15) is 23.2 Å². The molecule has 3 N–H and O–H groups in total. The SMILES string of the molecule is NC1CCC2CN(C(=O)c3c[nH]cc3-c3ccc(F)cc3)CC12. The maximum absolute atomic E-state index is 13.1. The lowest BCUT2D eigenvalue weighted by molar-refractivity contribution is 0.0780. The number of likely N-dealkylation sites (tertiary alicyclic amines) is 1. The lowest BCUT2D eigenvalue weighted by Crippen LogP contribution is -2.33. The van der Waals surface area contributed by atoms with Crippen LogP contribution in [0, 0.1) is 17.7 Å². The molecule has 0 bridgehead atoms. The highest BCUT2D eigenvalue weighted by atomic mass is 19.1. The lowest BCUT2D eigenvalue weighted by Gasteiger charge is -2.19. The van der Waals surface area contributed by atoms with Gasteiger partial charge in [0.05, 0.1) is 5.56 Å². The summed E-state index contributed by atoms with van der Waals surface area (Å²) >= 11 is 0. The van der Waals surface area contributed by atoms with E-state index in [4.69, 9.17) is 5.73 Å². The van der Waals surface area contributed by atoms with Crippen molar-refractivity contribution in [3.8, 4) is 11.1 Å². The van der Waals surface area contributed by atoms with Gasteiger partial charge in [-0.25, -0.2) is 4.39 Å². The van der Waals surface area contributed by atoms with Crippen LogP contribution >= 0.6 is 0 Å². The van der Waals surface area contributed by atoms with Gasteiger partial charge in [-0.05, 0) is 42.4 Å². The third-order valence-electron chi connectivity index (χ3n) is 5.33. The molecule has 1 aliphatic carbocycles. The summed E-state index contributed by atoms with van der Waals surface area (Å²) in [5.41, 5.74) is 8.46. The first-order chi connectivity index (χ1) is 11.1. The maximum atomic E-state index is 13.1. The number of amides is 1. The number of rotatable bonds is 2. The summed E-state index contributed by atoms with van der Waals surface area (Å²) in [6.07, 6.45) is 5.72. The molecule has 1 saturated carbocycles. The van der Waals surface area contributed by atoms with Crippen LogP contribution in [0.3, 0.4) is 0 Å². The molecule has 1 aromatic heterocycles. The number of hydrogen-bond donors (Lipinski definition) is 2. The number of nitrogens with two attached hydrogens (primary N) is 1. The molecular weight excluding hydrogens is 293 g/mol. The Morgan fingerprint density at radius 3 is 2.70 bits per heavy atom. The summed E-state index contributed by atoms with van der Waals surface area (Å²) in [7, 11) is 0. The Labute approximate surface area is 134 Å². The number of hydrogen-bond acceptors (Lipinski definition) is 2. The van der Waals surface area contributed by atoms with Crippen LogP contribution in [0.25, 0.3) is 11.1 Å². The molecular formula is C18H20FN3O. The van der Waals surface area contributed by atoms with E-state index in [0.717, 1.165) is 37.1 Å². The van der Waals surface area contributed by atoms with Gasteiger partial charge >= 0.3 is 0 Å². The summed E-state index contributed by atoms with van der Waals surface area (Å²) in [5.74, 6) is 0.736. The molecule has 120 valence electrons. The topological polar surface area (TPSA) is 62.1 Å². The van der Waals surface area contributed by atoms with E-state index < -0.39 is 0 Å². The zero-order valence-corrected chi connectivity index (χ0v) is 12.8. The fourth-order valence-corrected chi connectivity index (χ4v) is 4.05. The predicted molar refractivity (Wildman–Crippen MR) is 86.3 cm³/mol. The molecule has 1 saturated heterocycles. The van der Waals surface area contributed by atoms with Gasteiger partial charge < -0.3 is 15.6 Å². The highest BCUT2D eigenvalue weighted by Gasteiger charge is 2.42. The van der Waals surface area contributed by atoms with E-state index >= 15 is 0 Å². The van der Waals surface area contributed by atoms with Gasteiger partial charge in [-0.1, -0.05) is 12.1 Å². The first kappa shape index (κ1) is 14.5. The van der Waals surface area contributed by atoms with Crippen LogP contribution in [-0.2, 0) is 0 Å². The van der Waals surface area contributed by atoms with Crippen molar-refractivity contribution in [2.75, 3.05) is 13.1 Å². The maximum Gasteiger partial charge on any atom is 0.256 e. The number of nitrogens with one attached hydrogen (secondary N) is 1. The van der Waals surface area contributed by atoms with E-state index in [-0.39, 0.29) is 17.8 Å². The normalized spacial score (nSPS) is 26.5. The standard InChI is InChI=1S/C18H20FN3O/c19-13-4-1-11(2-5-13)14-7-21-8-15(14)18(23)22-9-12-3-6-17(20)16(12)10-22/h1-2,4-5,7-8,12,16-17,21H,3,6,9-10,20H2. The third-order valence-corrected chi connectivity index (χ3v) is 5.33. The summed E-state index contributed by atoms with van der Waals surface area (Å²) in [4.78, 5) is 17.8. The van der Waals surface area contributed by atoms with Crippen LogP contribution in [0.4, 0.5) is 4.39 Å². The second kappa shape index (κ2) is 5.49. The number of H-pyrrole nitrogens is 1. The van der Waals surface area contributed by atoms with Gasteiger partial charge in [-0.15, -0.1) is 0 Å². The van der Waals surface area contributed by atoms with E-state index in [1.54, 1.807) is 24.5 Å². The van der Waals surface area contributed by atoms with Gasteiger partial charge in [0.15, 0.2) is 0 Å². The Hall–Kier alpha value is -2.14. The first-order valence-corrected chi connectivity index (χ1v) is 8.11. The van der Waals surface area contributed by atoms with E-state index in [0.29, 0.717) is 17.4 Å². The fourth-order valence-electron chi connectivity index (χ4n) is 4.05. The number of nitrogens with zero attached hydrogens (tertiary/aromatic N) is 1. The molecule has 0 radical (unpaired) electrons. The molecule has 3 atom stereocenters. The van der Waals surface area contributed by atoms with Crippen molar-refractivity contribution in [3.05, 3.63) is 48.0 Å². The van der Waals surface area contributed by atoms with Crippen LogP contribution in [0.5, 0.6) is 0 Å². The van der Waals surface area contributed by atoms with Gasteiger partial charge in [-0.3, -0.25) is 4.79 Å². The zero-order chi connectivity index (χ0) is 16.0.